The highest BCUT2D eigenvalue weighted by atomic mass is 32.1. The summed E-state index contributed by atoms with van der Waals surface area (Å²) < 4.78 is 25.8. The first-order valence-electron chi connectivity index (χ1n) is 4.43. The highest BCUT2D eigenvalue weighted by Crippen LogP contribution is 2.27. The molecule has 8 heteroatoms. The van der Waals surface area contributed by atoms with Gasteiger partial charge in [0.2, 0.25) is 0 Å². The third-order valence-corrected chi connectivity index (χ3v) is 2.67. The van der Waals surface area contributed by atoms with Crippen LogP contribution in [0.5, 0.6) is 0 Å². The van der Waals surface area contributed by atoms with E-state index in [0.29, 0.717) is 5.01 Å². The van der Waals surface area contributed by atoms with Gasteiger partial charge in [-0.1, -0.05) is 0 Å². The van der Waals surface area contributed by atoms with Gasteiger partial charge in [0.25, 0.3) is 5.92 Å². The predicted molar refractivity (Wildman–Crippen MR) is 55.2 cm³/mol. The summed E-state index contributed by atoms with van der Waals surface area (Å²) in [7, 11) is 0. The average molecular weight is 245 g/mol. The zero-order chi connectivity index (χ0) is 11.8. The minimum atomic E-state index is -2.91. The molecule has 5 nitrogen and oxygen atoms in total. The largest absolute Gasteiger partial charge is 0.381 e. The molecule has 0 atom stereocenters. The number of halogens is 2. The minimum absolute atomic E-state index is 0.229. The molecule has 0 bridgehead atoms. The lowest BCUT2D eigenvalue weighted by molar-refractivity contribution is 0.0132. The quantitative estimate of drug-likeness (QED) is 0.889. The predicted octanol–water partition coefficient (Wildman–Crippen LogP) is 1.48. The Kier molecular flexibility index (Phi) is 2.58. The van der Waals surface area contributed by atoms with Crippen LogP contribution in [0.3, 0.4) is 0 Å². The summed E-state index contributed by atoms with van der Waals surface area (Å²) in [6.07, 6.45) is 1.39. The van der Waals surface area contributed by atoms with Gasteiger partial charge in [-0.25, -0.2) is 4.98 Å². The van der Waals surface area contributed by atoms with E-state index in [1.807, 2.05) is 0 Å². The van der Waals surface area contributed by atoms with Crippen molar-refractivity contribution in [2.75, 3.05) is 5.73 Å². The molecule has 2 rings (SSSR count). The van der Waals surface area contributed by atoms with Crippen LogP contribution in [0.2, 0.25) is 0 Å². The number of alkyl halides is 2. The molecule has 0 fully saturated rings. The Labute approximate surface area is 93.9 Å². The van der Waals surface area contributed by atoms with Gasteiger partial charge in [0.1, 0.15) is 17.2 Å². The van der Waals surface area contributed by atoms with E-state index in [1.54, 1.807) is 0 Å². The van der Waals surface area contributed by atoms with Crippen LogP contribution in [0.25, 0.3) is 0 Å². The fraction of sp³-hybridized carbons (Fsp3) is 0.375. The molecular weight excluding hydrogens is 236 g/mol. The molecule has 0 amide bonds. The first kappa shape index (κ1) is 10.9. The van der Waals surface area contributed by atoms with E-state index in [9.17, 15) is 8.78 Å². The molecule has 0 aromatic carbocycles. The number of aromatic nitrogens is 4. The van der Waals surface area contributed by atoms with Gasteiger partial charge in [0.05, 0.1) is 6.20 Å². The van der Waals surface area contributed by atoms with Gasteiger partial charge in [-0.05, 0) is 0 Å². The van der Waals surface area contributed by atoms with Gasteiger partial charge in [-0.2, -0.15) is 18.7 Å². The van der Waals surface area contributed by atoms with E-state index in [4.69, 9.17) is 5.73 Å². The van der Waals surface area contributed by atoms with Crippen LogP contribution in [0.15, 0.2) is 11.6 Å². The number of nitrogens with two attached hydrogens (primary N) is 1. The number of thiazole rings is 1. The summed E-state index contributed by atoms with van der Waals surface area (Å²) in [5, 5.41) is 9.54. The van der Waals surface area contributed by atoms with Crippen LogP contribution in [0.4, 0.5) is 14.6 Å². The standard InChI is InChI=1S/C8H9F2N5S/c1-8(9,10)5-4-16-7(13-5)3-15-12-2-6(11)14-15/h2,4H,3H2,1H3,(H2,11,14). The fourth-order valence-electron chi connectivity index (χ4n) is 1.09. The van der Waals surface area contributed by atoms with Gasteiger partial charge in [0, 0.05) is 12.3 Å². The molecule has 0 spiro atoms. The molecule has 2 heterocycles. The number of rotatable bonds is 3. The molecule has 2 N–H and O–H groups in total. The number of anilines is 1. The summed E-state index contributed by atoms with van der Waals surface area (Å²) in [4.78, 5) is 5.12. The second-order valence-corrected chi connectivity index (χ2v) is 4.26. The summed E-state index contributed by atoms with van der Waals surface area (Å²) >= 11 is 1.15. The van der Waals surface area contributed by atoms with Crippen LogP contribution in [-0.2, 0) is 12.5 Å². The smallest absolute Gasteiger partial charge is 0.287 e. The van der Waals surface area contributed by atoms with E-state index in [0.717, 1.165) is 18.3 Å². The van der Waals surface area contributed by atoms with Gasteiger partial charge < -0.3 is 5.73 Å². The number of hydrogen-bond acceptors (Lipinski definition) is 5. The Balaban J connectivity index is 2.14. The van der Waals surface area contributed by atoms with Crippen molar-refractivity contribution in [3.8, 4) is 0 Å². The third kappa shape index (κ3) is 2.32. The van der Waals surface area contributed by atoms with Crippen molar-refractivity contribution in [1.29, 1.82) is 0 Å². The van der Waals surface area contributed by atoms with Crippen molar-refractivity contribution in [2.45, 2.75) is 19.4 Å². The average Bonchev–Trinajstić information content (AvgIpc) is 2.74. The molecule has 0 saturated carbocycles. The van der Waals surface area contributed by atoms with Gasteiger partial charge >= 0.3 is 0 Å². The monoisotopic (exact) mass is 245 g/mol. The zero-order valence-electron chi connectivity index (χ0n) is 8.39. The molecule has 2 aromatic heterocycles. The van der Waals surface area contributed by atoms with E-state index in [1.165, 1.54) is 16.4 Å². The molecule has 0 unspecified atom stereocenters. The molecule has 0 aliphatic carbocycles. The summed E-state index contributed by atoms with van der Waals surface area (Å²) in [5.41, 5.74) is 5.15. The van der Waals surface area contributed by atoms with Crippen molar-refractivity contribution < 1.29 is 8.78 Å². The van der Waals surface area contributed by atoms with E-state index in [2.05, 4.69) is 15.2 Å². The lowest BCUT2D eigenvalue weighted by Gasteiger charge is -2.04. The zero-order valence-corrected chi connectivity index (χ0v) is 9.21. The maximum Gasteiger partial charge on any atom is 0.287 e. The van der Waals surface area contributed by atoms with Crippen LogP contribution in [0.1, 0.15) is 17.6 Å². The first-order chi connectivity index (χ1) is 7.45. The lowest BCUT2D eigenvalue weighted by Crippen LogP contribution is -2.09. The maximum absolute atomic E-state index is 12.9. The SMILES string of the molecule is CC(F)(F)c1csc(Cn2ncc(N)n2)n1. The number of hydrogen-bond donors (Lipinski definition) is 1. The number of nitrogen functional groups attached to an aromatic ring is 1. The molecule has 86 valence electrons. The van der Waals surface area contributed by atoms with E-state index < -0.39 is 5.92 Å². The second kappa shape index (κ2) is 3.78. The van der Waals surface area contributed by atoms with Crippen LogP contribution in [0, 0.1) is 0 Å². The molecule has 16 heavy (non-hydrogen) atoms. The normalized spacial score (nSPS) is 11.9. The number of nitrogens with zero attached hydrogens (tertiary/aromatic N) is 4. The first-order valence-corrected chi connectivity index (χ1v) is 5.31. The highest BCUT2D eigenvalue weighted by Gasteiger charge is 2.27. The van der Waals surface area contributed by atoms with Crippen LogP contribution >= 0.6 is 11.3 Å². The Hall–Kier alpha value is -1.57. The van der Waals surface area contributed by atoms with Gasteiger partial charge in [0.15, 0.2) is 5.82 Å². The Morgan fingerprint density at radius 2 is 2.31 bits per heavy atom. The molecule has 0 radical (unpaired) electrons. The Morgan fingerprint density at radius 1 is 1.56 bits per heavy atom. The lowest BCUT2D eigenvalue weighted by atomic mass is 10.3. The van der Waals surface area contributed by atoms with Crippen molar-refractivity contribution in [3.05, 3.63) is 22.3 Å². The summed E-state index contributed by atoms with van der Waals surface area (Å²) in [6, 6.07) is 0. The fourth-order valence-corrected chi connectivity index (χ4v) is 1.94. The van der Waals surface area contributed by atoms with Gasteiger partial charge in [-0.3, -0.25) is 0 Å². The van der Waals surface area contributed by atoms with Crippen LogP contribution in [-0.4, -0.2) is 20.0 Å². The third-order valence-electron chi connectivity index (χ3n) is 1.83. The molecule has 0 saturated heterocycles. The van der Waals surface area contributed by atoms with E-state index >= 15 is 0 Å². The Bertz CT molecular complexity index is 487. The van der Waals surface area contributed by atoms with Crippen molar-refractivity contribution >= 4 is 17.2 Å². The minimum Gasteiger partial charge on any atom is -0.381 e. The van der Waals surface area contributed by atoms with Crippen LogP contribution < -0.4 is 5.73 Å². The molecular formula is C8H9F2N5S. The molecule has 0 aliphatic heterocycles. The van der Waals surface area contributed by atoms with Crippen molar-refractivity contribution in [1.82, 2.24) is 20.0 Å². The van der Waals surface area contributed by atoms with Crippen molar-refractivity contribution in [3.63, 3.8) is 0 Å². The van der Waals surface area contributed by atoms with Gasteiger partial charge in [-0.15, -0.1) is 16.4 Å². The maximum atomic E-state index is 12.9. The second-order valence-electron chi connectivity index (χ2n) is 3.31. The highest BCUT2D eigenvalue weighted by molar-refractivity contribution is 7.09. The van der Waals surface area contributed by atoms with E-state index in [-0.39, 0.29) is 18.1 Å². The molecule has 2 aromatic rings. The van der Waals surface area contributed by atoms with Crippen molar-refractivity contribution in [2.24, 2.45) is 0 Å². The topological polar surface area (TPSA) is 69.6 Å². The Morgan fingerprint density at radius 3 is 2.81 bits per heavy atom. The summed E-state index contributed by atoms with van der Waals surface area (Å²) in [6.45, 7) is 1.06. The summed E-state index contributed by atoms with van der Waals surface area (Å²) in [5.74, 6) is -2.62. The molecule has 0 aliphatic rings.